The second-order valence-electron chi connectivity index (χ2n) is 15.6. The Morgan fingerprint density at radius 3 is 2.36 bits per heavy atom. The van der Waals surface area contributed by atoms with Crippen LogP contribution in [0.2, 0.25) is 0 Å². The third-order valence-corrected chi connectivity index (χ3v) is 10.8. The number of carbonyl (C=O) groups excluding carboxylic acids is 3. The Labute approximate surface area is 296 Å². The predicted molar refractivity (Wildman–Crippen MR) is 193 cm³/mol. The lowest BCUT2D eigenvalue weighted by Gasteiger charge is -2.35. The molecule has 2 saturated heterocycles. The molecule has 3 aromatic rings. The van der Waals surface area contributed by atoms with Gasteiger partial charge in [-0.2, -0.15) is 0 Å². The number of hydrogen-bond acceptors (Lipinski definition) is 7. The number of carbonyl (C=O) groups is 3. The van der Waals surface area contributed by atoms with Crippen molar-refractivity contribution in [2.24, 2.45) is 11.8 Å². The van der Waals surface area contributed by atoms with Gasteiger partial charge in [0.25, 0.3) is 5.95 Å². The molecular formula is C40H54N4O6. The third kappa shape index (κ3) is 9.26. The Bertz CT molecular complexity index is 1590. The molecule has 50 heavy (non-hydrogen) atoms. The minimum atomic E-state index is -1.19. The van der Waals surface area contributed by atoms with Crippen LogP contribution in [0.25, 0.3) is 11.0 Å². The first-order valence-electron chi connectivity index (χ1n) is 18.5. The normalized spacial score (nSPS) is 19.6. The molecule has 6 rings (SSSR count). The number of fused-ring (bicyclic) bond motifs is 1. The number of rotatable bonds is 11. The molecule has 3 fully saturated rings. The lowest BCUT2D eigenvalue weighted by Crippen LogP contribution is -2.61. The topological polar surface area (TPSA) is 122 Å². The van der Waals surface area contributed by atoms with E-state index in [-0.39, 0.29) is 23.2 Å². The third-order valence-electron chi connectivity index (χ3n) is 10.8. The molecule has 1 saturated carbocycles. The number of piperidine rings is 1. The molecule has 2 aliphatic heterocycles. The molecule has 0 radical (unpaired) electrons. The summed E-state index contributed by atoms with van der Waals surface area (Å²) in [6.45, 7) is 11.9. The number of amides is 3. The van der Waals surface area contributed by atoms with E-state index in [1.165, 1.54) is 0 Å². The van der Waals surface area contributed by atoms with Gasteiger partial charge in [0.05, 0.1) is 0 Å². The summed E-state index contributed by atoms with van der Waals surface area (Å²) in [6, 6.07) is 16.5. The summed E-state index contributed by atoms with van der Waals surface area (Å²) in [5.74, 6) is 0.596. The first kappa shape index (κ1) is 35.9. The number of nitrogens with one attached hydrogen (secondary N) is 3. The van der Waals surface area contributed by atoms with Crippen LogP contribution in [0.3, 0.4) is 0 Å². The fourth-order valence-corrected chi connectivity index (χ4v) is 7.63. The van der Waals surface area contributed by atoms with Crippen LogP contribution in [0.4, 0.5) is 4.79 Å². The molecule has 3 heterocycles. The number of benzene rings is 2. The van der Waals surface area contributed by atoms with Gasteiger partial charge in [-0.15, -0.1) is 0 Å². The van der Waals surface area contributed by atoms with E-state index in [1.807, 2.05) is 48.5 Å². The Kier molecular flexibility index (Phi) is 11.5. The lowest BCUT2D eigenvalue weighted by molar-refractivity contribution is -0.132. The molecule has 0 unspecified atom stereocenters. The van der Waals surface area contributed by atoms with Crippen molar-refractivity contribution in [2.75, 3.05) is 39.4 Å². The van der Waals surface area contributed by atoms with Crippen molar-refractivity contribution in [3.05, 3.63) is 65.7 Å². The average Bonchev–Trinajstić information content (AvgIpc) is 3.75. The van der Waals surface area contributed by atoms with Gasteiger partial charge in [0.2, 0.25) is 11.8 Å². The maximum absolute atomic E-state index is 14.0. The van der Waals surface area contributed by atoms with E-state index in [4.69, 9.17) is 13.9 Å². The zero-order valence-corrected chi connectivity index (χ0v) is 29.9. The summed E-state index contributed by atoms with van der Waals surface area (Å²) in [5, 5.41) is 9.91. The van der Waals surface area contributed by atoms with Crippen molar-refractivity contribution in [2.45, 2.75) is 95.6 Å². The first-order chi connectivity index (χ1) is 24.1. The highest BCUT2D eigenvalue weighted by Crippen LogP contribution is 2.33. The summed E-state index contributed by atoms with van der Waals surface area (Å²) in [4.78, 5) is 43.6. The van der Waals surface area contributed by atoms with E-state index in [9.17, 15) is 14.4 Å². The Balaban J connectivity index is 1.06. The minimum Gasteiger partial charge on any atom is -0.425 e. The van der Waals surface area contributed by atoms with E-state index in [0.29, 0.717) is 43.2 Å². The average molecular weight is 687 g/mol. The van der Waals surface area contributed by atoms with Crippen LogP contribution in [0, 0.1) is 11.8 Å². The van der Waals surface area contributed by atoms with Gasteiger partial charge in [-0.05, 0) is 92.1 Å². The quantitative estimate of drug-likeness (QED) is 0.223. The van der Waals surface area contributed by atoms with Crippen LogP contribution in [-0.4, -0.2) is 73.8 Å². The van der Waals surface area contributed by atoms with Crippen LogP contribution in [0.5, 0.6) is 5.95 Å². The van der Waals surface area contributed by atoms with Crippen LogP contribution in [-0.2, 0) is 26.2 Å². The van der Waals surface area contributed by atoms with Crippen LogP contribution < -0.4 is 20.7 Å². The summed E-state index contributed by atoms with van der Waals surface area (Å²) < 4.78 is 16.9. The van der Waals surface area contributed by atoms with Crippen molar-refractivity contribution in [3.8, 4) is 5.95 Å². The number of hydrogen-bond donors (Lipinski definition) is 3. The molecule has 1 aliphatic carbocycles. The van der Waals surface area contributed by atoms with E-state index in [0.717, 1.165) is 87.9 Å². The van der Waals surface area contributed by atoms with Crippen molar-refractivity contribution < 1.29 is 28.3 Å². The smallest absolute Gasteiger partial charge is 0.415 e. The number of likely N-dealkylation sites (tertiary alicyclic amines) is 1. The van der Waals surface area contributed by atoms with Crippen molar-refractivity contribution in [3.63, 3.8) is 0 Å². The Hall–Kier alpha value is -3.89. The van der Waals surface area contributed by atoms with Gasteiger partial charge in [0.1, 0.15) is 17.2 Å². The van der Waals surface area contributed by atoms with Gasteiger partial charge in [0.15, 0.2) is 0 Å². The van der Waals surface area contributed by atoms with Crippen molar-refractivity contribution in [1.82, 2.24) is 20.9 Å². The molecule has 1 atom stereocenters. The van der Waals surface area contributed by atoms with Crippen molar-refractivity contribution >= 4 is 28.9 Å². The monoisotopic (exact) mass is 686 g/mol. The molecule has 270 valence electrons. The summed E-state index contributed by atoms with van der Waals surface area (Å²) in [6.07, 6.45) is 6.40. The predicted octanol–water partition coefficient (Wildman–Crippen LogP) is 6.11. The highest BCUT2D eigenvalue weighted by Gasteiger charge is 2.44. The molecule has 10 heteroatoms. The molecule has 2 aromatic carbocycles. The van der Waals surface area contributed by atoms with Crippen LogP contribution >= 0.6 is 0 Å². The molecule has 10 nitrogen and oxygen atoms in total. The summed E-state index contributed by atoms with van der Waals surface area (Å²) >= 11 is 0. The maximum atomic E-state index is 14.0. The van der Waals surface area contributed by atoms with E-state index in [1.54, 1.807) is 6.07 Å². The number of furan rings is 1. The number of ether oxygens (including phenoxy) is 2. The van der Waals surface area contributed by atoms with E-state index >= 15 is 0 Å². The van der Waals surface area contributed by atoms with E-state index < -0.39 is 17.7 Å². The van der Waals surface area contributed by atoms with E-state index in [2.05, 4.69) is 41.6 Å². The molecule has 3 amide bonds. The first-order valence-corrected chi connectivity index (χ1v) is 18.5. The van der Waals surface area contributed by atoms with Gasteiger partial charge < -0.3 is 34.7 Å². The maximum Gasteiger partial charge on any atom is 0.415 e. The van der Waals surface area contributed by atoms with Gasteiger partial charge in [-0.3, -0.25) is 9.59 Å². The molecule has 3 aliphatic rings. The van der Waals surface area contributed by atoms with Crippen LogP contribution in [0.1, 0.15) is 83.3 Å². The molecule has 1 aromatic heterocycles. The summed E-state index contributed by atoms with van der Waals surface area (Å²) in [5.41, 5.74) is 1.48. The zero-order valence-electron chi connectivity index (χ0n) is 29.9. The lowest BCUT2D eigenvalue weighted by atomic mass is 9.86. The van der Waals surface area contributed by atoms with Crippen LogP contribution in [0.15, 0.2) is 59.0 Å². The summed E-state index contributed by atoms with van der Waals surface area (Å²) in [7, 11) is 0. The minimum absolute atomic E-state index is 0.0379. The van der Waals surface area contributed by atoms with Gasteiger partial charge >= 0.3 is 6.09 Å². The van der Waals surface area contributed by atoms with Gasteiger partial charge in [-0.1, -0.05) is 70.0 Å². The molecule has 3 N–H and O–H groups in total. The Morgan fingerprint density at radius 2 is 1.66 bits per heavy atom. The molecule has 0 bridgehead atoms. The standard InChI is InChI=1S/C40H54N4O6/c1-39(2,3)32-11-12-34-31(24-32)25-35(49-34)50-38(47)43-40(17-7-8-18-40)37(46)42-33(23-28-9-5-4-6-10-28)36(45)41-26-29-13-19-44(20-14-29)27-30-15-21-48-22-16-30/h4-6,9-12,24-25,29-30,33H,7-8,13-23,26-27H2,1-3H3,(H,41,45)(H,42,46)(H,43,47)/t33-/m1/s1. The van der Waals surface area contributed by atoms with Gasteiger partial charge in [0, 0.05) is 44.2 Å². The zero-order chi connectivity index (χ0) is 35.1. The Morgan fingerprint density at radius 1 is 0.940 bits per heavy atom. The fourth-order valence-electron chi connectivity index (χ4n) is 7.63. The molecular weight excluding hydrogens is 632 g/mol. The molecule has 0 spiro atoms. The van der Waals surface area contributed by atoms with Crippen molar-refractivity contribution in [1.29, 1.82) is 0 Å². The highest BCUT2D eigenvalue weighted by molar-refractivity contribution is 5.94. The SMILES string of the molecule is CC(C)(C)c1ccc2oc(OC(=O)NC3(C(=O)N[C@H](Cc4ccccc4)C(=O)NCC4CCN(CC5CCOCC5)CC4)CCCC3)cc2c1. The highest BCUT2D eigenvalue weighted by atomic mass is 16.6. The number of nitrogens with zero attached hydrogens (tertiary/aromatic N) is 1. The fraction of sp³-hybridized carbons (Fsp3) is 0.575. The largest absolute Gasteiger partial charge is 0.425 e. The second kappa shape index (κ2) is 16.0. The second-order valence-corrected chi connectivity index (χ2v) is 15.6. The van der Waals surface area contributed by atoms with Gasteiger partial charge in [-0.25, -0.2) is 4.79 Å².